The van der Waals surface area contributed by atoms with Crippen molar-refractivity contribution in [2.45, 2.75) is 83.7 Å². The number of nitrogens with two attached hydrogens (primary N) is 1. The van der Waals surface area contributed by atoms with Gasteiger partial charge in [-0.2, -0.15) is 0 Å². The van der Waals surface area contributed by atoms with Gasteiger partial charge in [-0.1, -0.05) is 101 Å². The number of carboxylic acids is 1. The molecule has 3 N–H and O–H groups in total. The molecule has 3 rings (SSSR count). The minimum absolute atomic E-state index is 0.0992. The summed E-state index contributed by atoms with van der Waals surface area (Å²) in [6.45, 7) is 3.00. The van der Waals surface area contributed by atoms with Crippen LogP contribution in [0, 0.1) is 0 Å². The number of hydrogen-bond donors (Lipinski definition) is 2. The molecule has 0 saturated heterocycles. The number of ether oxygens (including phenoxy) is 1. The molecule has 4 nitrogen and oxygen atoms in total. The monoisotopic (exact) mass is 449 g/mol. The summed E-state index contributed by atoms with van der Waals surface area (Å²) < 4.78 is 6.24. The zero-order chi connectivity index (χ0) is 23.5. The van der Waals surface area contributed by atoms with Gasteiger partial charge in [0.1, 0.15) is 6.10 Å². The lowest BCUT2D eigenvalue weighted by molar-refractivity contribution is -0.132. The molecule has 0 spiro atoms. The van der Waals surface area contributed by atoms with Crippen LogP contribution in [-0.2, 0) is 9.53 Å². The first kappa shape index (κ1) is 25.0. The van der Waals surface area contributed by atoms with Gasteiger partial charge >= 0.3 is 5.97 Å². The minimum Gasteiger partial charge on any atom is -0.478 e. The molecule has 2 aliphatic carbocycles. The lowest BCUT2D eigenvalue weighted by Crippen LogP contribution is -2.15. The summed E-state index contributed by atoms with van der Waals surface area (Å²) in [5.74, 6) is -0.925. The third-order valence-electron chi connectivity index (χ3n) is 6.52. The van der Waals surface area contributed by atoms with E-state index in [1.807, 2.05) is 24.3 Å². The van der Waals surface area contributed by atoms with Crippen molar-refractivity contribution in [2.24, 2.45) is 5.73 Å². The van der Waals surface area contributed by atoms with Gasteiger partial charge in [0, 0.05) is 18.7 Å². The van der Waals surface area contributed by atoms with Crippen molar-refractivity contribution in [2.75, 3.05) is 6.61 Å². The summed E-state index contributed by atoms with van der Waals surface area (Å²) >= 11 is 0. The van der Waals surface area contributed by atoms with Crippen molar-refractivity contribution >= 4 is 11.5 Å². The molecule has 1 atom stereocenters. The van der Waals surface area contributed by atoms with E-state index >= 15 is 0 Å². The lowest BCUT2D eigenvalue weighted by atomic mass is 9.83. The number of hydrogen-bond acceptors (Lipinski definition) is 3. The average Bonchev–Trinajstić information content (AvgIpc) is 2.82. The van der Waals surface area contributed by atoms with E-state index in [9.17, 15) is 9.90 Å². The predicted octanol–water partition coefficient (Wildman–Crippen LogP) is 7.25. The van der Waals surface area contributed by atoms with Gasteiger partial charge in [0.15, 0.2) is 0 Å². The van der Waals surface area contributed by atoms with Crippen molar-refractivity contribution in [3.05, 3.63) is 76.5 Å². The molecule has 0 heterocycles. The summed E-state index contributed by atoms with van der Waals surface area (Å²) in [6, 6.07) is 8.13. The van der Waals surface area contributed by atoms with Gasteiger partial charge < -0.3 is 15.6 Å². The molecule has 2 aliphatic rings. The Hall–Kier alpha value is -2.59. The van der Waals surface area contributed by atoms with Crippen molar-refractivity contribution in [3.63, 3.8) is 0 Å². The smallest absolute Gasteiger partial charge is 0.335 e. The number of allylic oxidation sites excluding steroid dienone is 5. The maximum atomic E-state index is 11.8. The van der Waals surface area contributed by atoms with Crippen LogP contribution >= 0.6 is 0 Å². The maximum absolute atomic E-state index is 11.8. The molecule has 0 bridgehead atoms. The quantitative estimate of drug-likeness (QED) is 0.311. The highest BCUT2D eigenvalue weighted by Gasteiger charge is 2.25. The van der Waals surface area contributed by atoms with Gasteiger partial charge in [-0.25, -0.2) is 4.79 Å². The highest BCUT2D eigenvalue weighted by atomic mass is 16.5. The third-order valence-corrected chi connectivity index (χ3v) is 6.52. The normalized spacial score (nSPS) is 19.7. The van der Waals surface area contributed by atoms with Crippen molar-refractivity contribution < 1.29 is 14.6 Å². The zero-order valence-electron chi connectivity index (χ0n) is 20.0. The summed E-state index contributed by atoms with van der Waals surface area (Å²) in [6.07, 6.45) is 20.8. The first-order valence-electron chi connectivity index (χ1n) is 12.6. The predicted molar refractivity (Wildman–Crippen MR) is 136 cm³/mol. The second kappa shape index (κ2) is 13.2. The number of benzene rings is 1. The van der Waals surface area contributed by atoms with Gasteiger partial charge in [-0.3, -0.25) is 0 Å². The van der Waals surface area contributed by atoms with Crippen molar-refractivity contribution in [1.82, 2.24) is 0 Å². The summed E-state index contributed by atoms with van der Waals surface area (Å²) in [7, 11) is 0. The van der Waals surface area contributed by atoms with Gasteiger partial charge in [0.25, 0.3) is 0 Å². The molecule has 0 aliphatic heterocycles. The van der Waals surface area contributed by atoms with E-state index in [1.165, 1.54) is 57.8 Å². The molecule has 0 radical (unpaired) electrons. The molecule has 0 amide bonds. The van der Waals surface area contributed by atoms with Gasteiger partial charge in [0.2, 0.25) is 0 Å². The highest BCUT2D eigenvalue weighted by molar-refractivity contribution is 5.98. The van der Waals surface area contributed by atoms with E-state index < -0.39 is 5.97 Å². The number of carboxylic acid groups (broad SMARTS) is 1. The number of rotatable bonds is 13. The van der Waals surface area contributed by atoms with Crippen molar-refractivity contribution in [1.29, 1.82) is 0 Å². The van der Waals surface area contributed by atoms with Crippen LogP contribution in [0.3, 0.4) is 0 Å². The fourth-order valence-electron chi connectivity index (χ4n) is 4.67. The molecule has 1 aromatic carbocycles. The van der Waals surface area contributed by atoms with E-state index in [-0.39, 0.29) is 6.10 Å². The molecule has 178 valence electrons. The van der Waals surface area contributed by atoms with Crippen LogP contribution in [0.15, 0.2) is 65.4 Å². The standard InChI is InChI=1S/C29H39NO3/c1-2-3-4-5-6-7-8-9-10-13-20-33-28-19-18-24(23-14-11-12-15-25(23)28)27-21-22(30)16-17-26(27)29(31)32/h11-12,14-19,28H,2-10,13,20-21,30H2,1H3,(H,31,32). The van der Waals surface area contributed by atoms with E-state index in [1.54, 1.807) is 12.2 Å². The Balaban J connectivity index is 1.53. The molecule has 0 saturated carbocycles. The first-order chi connectivity index (χ1) is 16.1. The van der Waals surface area contributed by atoms with E-state index in [0.717, 1.165) is 35.3 Å². The van der Waals surface area contributed by atoms with E-state index in [2.05, 4.69) is 19.1 Å². The summed E-state index contributed by atoms with van der Waals surface area (Å²) in [5.41, 5.74) is 10.8. The molecule has 0 fully saturated rings. The van der Waals surface area contributed by atoms with Crippen molar-refractivity contribution in [3.8, 4) is 0 Å². The van der Waals surface area contributed by atoms with Crippen LogP contribution < -0.4 is 5.73 Å². The Morgan fingerprint density at radius 2 is 1.67 bits per heavy atom. The van der Waals surface area contributed by atoms with Gasteiger partial charge in [-0.05, 0) is 40.8 Å². The SMILES string of the molecule is CCCCCCCCCCCCOC1C=CC(=C2CC(N)=CC=C2C(=O)O)c2ccccc21. The fraction of sp³-hybridized carbons (Fsp3) is 0.483. The molecule has 1 aromatic rings. The number of fused-ring (bicyclic) bond motifs is 1. The maximum Gasteiger partial charge on any atom is 0.335 e. The van der Waals surface area contributed by atoms with Crippen LogP contribution in [0.1, 0.15) is 94.8 Å². The molecule has 4 heteroatoms. The Labute approximate surface area is 198 Å². The molecule has 33 heavy (non-hydrogen) atoms. The largest absolute Gasteiger partial charge is 0.478 e. The summed E-state index contributed by atoms with van der Waals surface area (Å²) in [5, 5.41) is 9.67. The third kappa shape index (κ3) is 7.20. The topological polar surface area (TPSA) is 72.5 Å². The molecule has 1 unspecified atom stereocenters. The fourth-order valence-corrected chi connectivity index (χ4v) is 4.67. The Morgan fingerprint density at radius 3 is 2.36 bits per heavy atom. The lowest BCUT2D eigenvalue weighted by Gasteiger charge is -2.26. The van der Waals surface area contributed by atoms with Crippen LogP contribution in [-0.4, -0.2) is 17.7 Å². The zero-order valence-corrected chi connectivity index (χ0v) is 20.0. The highest BCUT2D eigenvalue weighted by Crippen LogP contribution is 2.39. The second-order valence-electron chi connectivity index (χ2n) is 9.12. The molecular weight excluding hydrogens is 410 g/mol. The molecule has 0 aromatic heterocycles. The number of aliphatic carboxylic acids is 1. The Kier molecular flexibility index (Phi) is 10.0. The van der Waals surface area contributed by atoms with Crippen LogP contribution in [0.4, 0.5) is 0 Å². The second-order valence-corrected chi connectivity index (χ2v) is 9.12. The average molecular weight is 450 g/mol. The Bertz CT molecular complexity index is 923. The summed E-state index contributed by atoms with van der Waals surface area (Å²) in [4.78, 5) is 11.8. The van der Waals surface area contributed by atoms with Gasteiger partial charge in [-0.15, -0.1) is 0 Å². The van der Waals surface area contributed by atoms with E-state index in [4.69, 9.17) is 10.5 Å². The number of carbonyl (C=O) groups is 1. The van der Waals surface area contributed by atoms with Gasteiger partial charge in [0.05, 0.1) is 5.57 Å². The van der Waals surface area contributed by atoms with E-state index in [0.29, 0.717) is 17.7 Å². The first-order valence-corrected chi connectivity index (χ1v) is 12.6. The molecular formula is C29H39NO3. The number of unbranched alkanes of at least 4 members (excludes halogenated alkanes) is 9. The van der Waals surface area contributed by atoms with Crippen LogP contribution in [0.5, 0.6) is 0 Å². The Morgan fingerprint density at radius 1 is 1.00 bits per heavy atom. The minimum atomic E-state index is -0.925. The van der Waals surface area contributed by atoms with Crippen LogP contribution in [0.25, 0.3) is 5.57 Å². The van der Waals surface area contributed by atoms with Crippen LogP contribution in [0.2, 0.25) is 0 Å².